The minimum atomic E-state index is -0.128. The lowest BCUT2D eigenvalue weighted by Gasteiger charge is -2.13. The number of carbonyl (C=O) groups excluding carboxylic acids is 1. The summed E-state index contributed by atoms with van der Waals surface area (Å²) in [6.07, 6.45) is 1.67. The molecular formula is C24H23N3O4. The van der Waals surface area contributed by atoms with Crippen LogP contribution in [0.15, 0.2) is 54.7 Å². The number of rotatable bonds is 6. The van der Waals surface area contributed by atoms with Crippen molar-refractivity contribution in [2.24, 2.45) is 0 Å². The van der Waals surface area contributed by atoms with Gasteiger partial charge in [0.25, 0.3) is 5.91 Å². The van der Waals surface area contributed by atoms with Crippen molar-refractivity contribution in [3.05, 3.63) is 60.3 Å². The number of aromatic nitrogens is 2. The first-order valence-electron chi connectivity index (χ1n) is 9.89. The van der Waals surface area contributed by atoms with Gasteiger partial charge in [0, 0.05) is 40.7 Å². The molecule has 0 aliphatic rings. The zero-order valence-electron chi connectivity index (χ0n) is 17.8. The Morgan fingerprint density at radius 3 is 2.42 bits per heavy atom. The summed E-state index contributed by atoms with van der Waals surface area (Å²) >= 11 is 0. The van der Waals surface area contributed by atoms with Gasteiger partial charge < -0.3 is 19.5 Å². The van der Waals surface area contributed by atoms with E-state index < -0.39 is 0 Å². The number of hydrogen-bond acceptors (Lipinski definition) is 6. The van der Waals surface area contributed by atoms with E-state index in [1.165, 1.54) is 0 Å². The fourth-order valence-electron chi connectivity index (χ4n) is 3.38. The fourth-order valence-corrected chi connectivity index (χ4v) is 3.38. The molecule has 158 valence electrons. The first kappa shape index (κ1) is 20.4. The van der Waals surface area contributed by atoms with Gasteiger partial charge in [-0.3, -0.25) is 9.78 Å². The average Bonchev–Trinajstić information content (AvgIpc) is 2.77. The molecule has 0 spiro atoms. The smallest absolute Gasteiger partial charge is 0.252 e. The minimum Gasteiger partial charge on any atom is -0.493 e. The van der Waals surface area contributed by atoms with Crippen LogP contribution < -0.4 is 19.5 Å². The molecule has 0 unspecified atom stereocenters. The van der Waals surface area contributed by atoms with Gasteiger partial charge in [0.2, 0.25) is 5.88 Å². The molecule has 4 aromatic rings. The predicted molar refractivity (Wildman–Crippen MR) is 119 cm³/mol. The lowest BCUT2D eigenvalue weighted by atomic mass is 10.1. The molecule has 2 aromatic carbocycles. The maximum Gasteiger partial charge on any atom is 0.252 e. The lowest BCUT2D eigenvalue weighted by Crippen LogP contribution is -2.30. The van der Waals surface area contributed by atoms with Gasteiger partial charge in [0.15, 0.2) is 11.5 Å². The number of fused-ring (bicyclic) bond motifs is 2. The number of carbonyl (C=O) groups is 1. The van der Waals surface area contributed by atoms with Gasteiger partial charge in [-0.25, -0.2) is 4.98 Å². The van der Waals surface area contributed by atoms with Crippen LogP contribution in [-0.4, -0.2) is 36.1 Å². The van der Waals surface area contributed by atoms with Gasteiger partial charge >= 0.3 is 0 Å². The number of ether oxygens (including phenoxy) is 3. The molecule has 0 saturated heterocycles. The molecule has 7 heteroatoms. The van der Waals surface area contributed by atoms with E-state index >= 15 is 0 Å². The number of benzene rings is 2. The third kappa shape index (κ3) is 4.07. The largest absolute Gasteiger partial charge is 0.493 e. The average molecular weight is 417 g/mol. The molecule has 1 N–H and O–H groups in total. The van der Waals surface area contributed by atoms with Crippen molar-refractivity contribution in [2.45, 2.75) is 19.9 Å². The van der Waals surface area contributed by atoms with Crippen LogP contribution in [0.25, 0.3) is 21.8 Å². The first-order valence-corrected chi connectivity index (χ1v) is 9.89. The zero-order valence-corrected chi connectivity index (χ0v) is 17.8. The maximum atomic E-state index is 12.5. The van der Waals surface area contributed by atoms with Gasteiger partial charge in [-0.15, -0.1) is 0 Å². The summed E-state index contributed by atoms with van der Waals surface area (Å²) in [5.41, 5.74) is 1.96. The van der Waals surface area contributed by atoms with E-state index in [0.29, 0.717) is 39.7 Å². The van der Waals surface area contributed by atoms with Gasteiger partial charge in [0.1, 0.15) is 5.75 Å². The zero-order chi connectivity index (χ0) is 22.0. The van der Waals surface area contributed by atoms with Crippen LogP contribution in [0.3, 0.4) is 0 Å². The van der Waals surface area contributed by atoms with E-state index in [9.17, 15) is 4.79 Å². The monoisotopic (exact) mass is 417 g/mol. The molecule has 0 bridgehead atoms. The Kier molecular flexibility index (Phi) is 5.58. The maximum absolute atomic E-state index is 12.5. The Morgan fingerprint density at radius 1 is 0.903 bits per heavy atom. The summed E-state index contributed by atoms with van der Waals surface area (Å²) in [4.78, 5) is 21.5. The minimum absolute atomic E-state index is 0.0499. The second-order valence-corrected chi connectivity index (χ2v) is 7.29. The van der Waals surface area contributed by atoms with E-state index in [4.69, 9.17) is 14.2 Å². The standard InChI is InChI=1S/C24H23N3O4/c1-14(2)26-24(28)16-6-5-7-18-15(16)8-9-23(27-18)31-20-10-11-25-19-13-22(30-4)21(29-3)12-17(19)20/h5-14H,1-4H3,(H,26,28). The first-order chi connectivity index (χ1) is 15.0. The lowest BCUT2D eigenvalue weighted by molar-refractivity contribution is 0.0944. The normalized spacial score (nSPS) is 11.0. The van der Waals surface area contributed by atoms with Crippen molar-refractivity contribution in [3.8, 4) is 23.1 Å². The van der Waals surface area contributed by atoms with E-state index in [-0.39, 0.29) is 11.9 Å². The molecular weight excluding hydrogens is 394 g/mol. The predicted octanol–water partition coefficient (Wildman–Crippen LogP) is 4.73. The summed E-state index contributed by atoms with van der Waals surface area (Å²) in [5.74, 6) is 2.05. The number of pyridine rings is 2. The summed E-state index contributed by atoms with van der Waals surface area (Å²) in [7, 11) is 3.16. The van der Waals surface area contributed by atoms with Crippen LogP contribution in [0, 0.1) is 0 Å². The Labute approximate surface area is 180 Å². The molecule has 31 heavy (non-hydrogen) atoms. The van der Waals surface area contributed by atoms with Crippen molar-refractivity contribution in [1.82, 2.24) is 15.3 Å². The molecule has 2 heterocycles. The van der Waals surface area contributed by atoms with Crippen LogP contribution >= 0.6 is 0 Å². The Hall–Kier alpha value is -3.87. The molecule has 0 fully saturated rings. The Morgan fingerprint density at radius 2 is 1.68 bits per heavy atom. The Balaban J connectivity index is 1.72. The van der Waals surface area contributed by atoms with Crippen molar-refractivity contribution in [3.63, 3.8) is 0 Å². The molecule has 0 radical (unpaired) electrons. The summed E-state index contributed by atoms with van der Waals surface area (Å²) in [6, 6.07) is 14.5. The highest BCUT2D eigenvalue weighted by atomic mass is 16.5. The van der Waals surface area contributed by atoms with Gasteiger partial charge in [0.05, 0.1) is 25.3 Å². The number of amides is 1. The van der Waals surface area contributed by atoms with Crippen molar-refractivity contribution < 1.29 is 19.0 Å². The fraction of sp³-hybridized carbons (Fsp3) is 0.208. The molecule has 7 nitrogen and oxygen atoms in total. The molecule has 4 rings (SSSR count). The number of hydrogen-bond donors (Lipinski definition) is 1. The van der Waals surface area contributed by atoms with Crippen LogP contribution in [0.1, 0.15) is 24.2 Å². The molecule has 0 aliphatic heterocycles. The summed E-state index contributed by atoms with van der Waals surface area (Å²) in [6.45, 7) is 3.85. The van der Waals surface area contributed by atoms with Crippen LogP contribution in [0.5, 0.6) is 23.1 Å². The molecule has 0 aliphatic carbocycles. The second-order valence-electron chi connectivity index (χ2n) is 7.29. The second kappa shape index (κ2) is 8.47. The third-order valence-corrected chi connectivity index (χ3v) is 4.79. The molecule has 2 aromatic heterocycles. The van der Waals surface area contributed by atoms with Crippen LogP contribution in [0.4, 0.5) is 0 Å². The topological polar surface area (TPSA) is 82.6 Å². The highest BCUT2D eigenvalue weighted by molar-refractivity contribution is 6.06. The highest BCUT2D eigenvalue weighted by Crippen LogP contribution is 2.36. The van der Waals surface area contributed by atoms with E-state index in [0.717, 1.165) is 10.8 Å². The SMILES string of the molecule is COc1cc2nccc(Oc3ccc4c(C(=O)NC(C)C)cccc4n3)c2cc1OC. The summed E-state index contributed by atoms with van der Waals surface area (Å²) in [5, 5.41) is 4.45. The summed E-state index contributed by atoms with van der Waals surface area (Å²) < 4.78 is 16.9. The molecule has 0 atom stereocenters. The van der Waals surface area contributed by atoms with Crippen LogP contribution in [0.2, 0.25) is 0 Å². The Bertz CT molecular complexity index is 1270. The van der Waals surface area contributed by atoms with Gasteiger partial charge in [-0.1, -0.05) is 6.07 Å². The quantitative estimate of drug-likeness (QED) is 0.488. The number of nitrogens with one attached hydrogen (secondary N) is 1. The van der Waals surface area contributed by atoms with E-state index in [1.54, 1.807) is 44.7 Å². The third-order valence-electron chi connectivity index (χ3n) is 4.79. The van der Waals surface area contributed by atoms with Crippen molar-refractivity contribution in [1.29, 1.82) is 0 Å². The highest BCUT2D eigenvalue weighted by Gasteiger charge is 2.14. The molecule has 1 amide bonds. The van der Waals surface area contributed by atoms with E-state index in [1.807, 2.05) is 38.1 Å². The van der Waals surface area contributed by atoms with Gasteiger partial charge in [-0.05, 0) is 44.2 Å². The molecule has 0 saturated carbocycles. The van der Waals surface area contributed by atoms with Crippen molar-refractivity contribution in [2.75, 3.05) is 14.2 Å². The van der Waals surface area contributed by atoms with E-state index in [2.05, 4.69) is 15.3 Å². The van der Waals surface area contributed by atoms with Gasteiger partial charge in [-0.2, -0.15) is 0 Å². The van der Waals surface area contributed by atoms with Crippen molar-refractivity contribution >= 4 is 27.7 Å². The number of methoxy groups -OCH3 is 2. The number of nitrogens with zero attached hydrogens (tertiary/aromatic N) is 2. The van der Waals surface area contributed by atoms with Crippen LogP contribution in [-0.2, 0) is 0 Å².